The summed E-state index contributed by atoms with van der Waals surface area (Å²) in [6.07, 6.45) is 0. The molecule has 0 saturated carbocycles. The van der Waals surface area contributed by atoms with Crippen molar-refractivity contribution in [3.63, 3.8) is 0 Å². The second kappa shape index (κ2) is 3.66. The van der Waals surface area contributed by atoms with Gasteiger partial charge < -0.3 is 10.7 Å². The van der Waals surface area contributed by atoms with Gasteiger partial charge in [-0.1, -0.05) is 13.0 Å². The van der Waals surface area contributed by atoms with E-state index in [0.29, 0.717) is 6.54 Å². The van der Waals surface area contributed by atoms with E-state index in [1.54, 1.807) is 0 Å². The second-order valence-electron chi connectivity index (χ2n) is 4.24. The van der Waals surface area contributed by atoms with Gasteiger partial charge in [0.15, 0.2) is 0 Å². The van der Waals surface area contributed by atoms with E-state index in [4.69, 9.17) is 5.73 Å². The summed E-state index contributed by atoms with van der Waals surface area (Å²) in [5, 5.41) is 0. The molecular weight excluding hydrogens is 186 g/mol. The lowest BCUT2D eigenvalue weighted by atomic mass is 10.1. The summed E-state index contributed by atoms with van der Waals surface area (Å²) < 4.78 is 0. The zero-order chi connectivity index (χ0) is 11.0. The number of nitrogens with zero attached hydrogens (tertiary/aromatic N) is 1. The number of H-pyrrole nitrogens is 1. The highest BCUT2D eigenvalue weighted by molar-refractivity contribution is 5.79. The fraction of sp³-hybridized carbons (Fsp3) is 0.417. The molecule has 2 aromatic rings. The number of rotatable bonds is 2. The van der Waals surface area contributed by atoms with Crippen LogP contribution in [-0.4, -0.2) is 16.5 Å². The molecule has 0 spiro atoms. The zero-order valence-corrected chi connectivity index (χ0v) is 9.46. The summed E-state index contributed by atoms with van der Waals surface area (Å²) in [5.41, 5.74) is 10.3. The Morgan fingerprint density at radius 3 is 2.80 bits per heavy atom. The number of fused-ring (bicyclic) bond motifs is 1. The Morgan fingerprint density at radius 2 is 2.13 bits per heavy atom. The minimum atomic E-state index is 0.289. The fourth-order valence-electron chi connectivity index (χ4n) is 1.84. The van der Waals surface area contributed by atoms with Gasteiger partial charge >= 0.3 is 0 Å². The molecule has 1 aromatic heterocycles. The Hall–Kier alpha value is -1.35. The molecule has 1 unspecified atom stereocenters. The third-order valence-electron chi connectivity index (χ3n) is 2.76. The summed E-state index contributed by atoms with van der Waals surface area (Å²) >= 11 is 0. The number of imidazole rings is 1. The van der Waals surface area contributed by atoms with Crippen LogP contribution in [0.1, 0.15) is 29.8 Å². The van der Waals surface area contributed by atoms with Crippen LogP contribution in [0.2, 0.25) is 0 Å². The van der Waals surface area contributed by atoms with E-state index in [2.05, 4.69) is 42.9 Å². The maximum absolute atomic E-state index is 5.63. The molecule has 0 aliphatic rings. The van der Waals surface area contributed by atoms with Crippen molar-refractivity contribution in [3.8, 4) is 0 Å². The lowest BCUT2D eigenvalue weighted by molar-refractivity contribution is 0.727. The summed E-state index contributed by atoms with van der Waals surface area (Å²) in [5.74, 6) is 1.28. The molecule has 3 heteroatoms. The van der Waals surface area contributed by atoms with Crippen LogP contribution >= 0.6 is 0 Å². The molecule has 0 amide bonds. The molecule has 3 N–H and O–H groups in total. The maximum atomic E-state index is 5.63. The number of aromatic nitrogens is 2. The van der Waals surface area contributed by atoms with Crippen LogP contribution in [0.4, 0.5) is 0 Å². The van der Waals surface area contributed by atoms with Gasteiger partial charge in [0.05, 0.1) is 11.0 Å². The molecule has 0 aliphatic carbocycles. The van der Waals surface area contributed by atoms with Crippen LogP contribution in [0, 0.1) is 13.8 Å². The number of nitrogens with one attached hydrogen (secondary N) is 1. The van der Waals surface area contributed by atoms with E-state index in [1.807, 2.05) is 0 Å². The molecular formula is C12H17N3. The molecule has 1 aromatic carbocycles. The topological polar surface area (TPSA) is 54.7 Å². The Labute approximate surface area is 89.7 Å². The first kappa shape index (κ1) is 10.2. The summed E-state index contributed by atoms with van der Waals surface area (Å²) in [4.78, 5) is 7.93. The highest BCUT2D eigenvalue weighted by atomic mass is 14.9. The SMILES string of the molecule is Cc1cc(C)c2nc(C(C)CN)[nH]c2c1. The fourth-order valence-corrected chi connectivity index (χ4v) is 1.84. The van der Waals surface area contributed by atoms with Crippen LogP contribution in [0.25, 0.3) is 11.0 Å². The smallest absolute Gasteiger partial charge is 0.111 e. The first-order valence-electron chi connectivity index (χ1n) is 5.28. The molecule has 80 valence electrons. The largest absolute Gasteiger partial charge is 0.342 e. The van der Waals surface area contributed by atoms with E-state index in [0.717, 1.165) is 16.9 Å². The standard InChI is InChI=1S/C12H17N3/c1-7-4-8(2)11-10(5-7)14-12(15-11)9(3)6-13/h4-5,9H,6,13H2,1-3H3,(H,14,15). The van der Waals surface area contributed by atoms with Gasteiger partial charge in [-0.25, -0.2) is 4.98 Å². The first-order valence-corrected chi connectivity index (χ1v) is 5.28. The molecule has 0 saturated heterocycles. The van der Waals surface area contributed by atoms with E-state index < -0.39 is 0 Å². The molecule has 0 aliphatic heterocycles. The minimum absolute atomic E-state index is 0.289. The van der Waals surface area contributed by atoms with Crippen molar-refractivity contribution < 1.29 is 0 Å². The Bertz CT molecular complexity index is 485. The average Bonchev–Trinajstić information content (AvgIpc) is 2.60. The monoisotopic (exact) mass is 203 g/mol. The maximum Gasteiger partial charge on any atom is 0.111 e. The van der Waals surface area contributed by atoms with Crippen molar-refractivity contribution in [1.82, 2.24) is 9.97 Å². The lowest BCUT2D eigenvalue weighted by Crippen LogP contribution is -2.10. The molecule has 15 heavy (non-hydrogen) atoms. The molecule has 1 atom stereocenters. The summed E-state index contributed by atoms with van der Waals surface area (Å²) in [7, 11) is 0. The number of aromatic amines is 1. The van der Waals surface area contributed by atoms with Crippen LogP contribution in [0.5, 0.6) is 0 Å². The normalized spacial score (nSPS) is 13.3. The molecule has 2 rings (SSSR count). The van der Waals surface area contributed by atoms with Crippen molar-refractivity contribution >= 4 is 11.0 Å². The van der Waals surface area contributed by atoms with Gasteiger partial charge in [0, 0.05) is 12.5 Å². The number of nitrogens with two attached hydrogens (primary N) is 1. The van der Waals surface area contributed by atoms with Gasteiger partial charge in [-0.2, -0.15) is 0 Å². The predicted octanol–water partition coefficient (Wildman–Crippen LogP) is 2.24. The van der Waals surface area contributed by atoms with E-state index >= 15 is 0 Å². The highest BCUT2D eigenvalue weighted by Crippen LogP contribution is 2.21. The Balaban J connectivity index is 2.60. The predicted molar refractivity (Wildman–Crippen MR) is 63.0 cm³/mol. The number of benzene rings is 1. The van der Waals surface area contributed by atoms with Crippen LogP contribution < -0.4 is 5.73 Å². The molecule has 3 nitrogen and oxygen atoms in total. The summed E-state index contributed by atoms with van der Waals surface area (Å²) in [6, 6.07) is 4.28. The minimum Gasteiger partial charge on any atom is -0.342 e. The van der Waals surface area contributed by atoms with Gasteiger partial charge in [0.2, 0.25) is 0 Å². The Kier molecular flexibility index (Phi) is 2.49. The highest BCUT2D eigenvalue weighted by Gasteiger charge is 2.10. The lowest BCUT2D eigenvalue weighted by Gasteiger charge is -2.01. The quantitative estimate of drug-likeness (QED) is 0.786. The van der Waals surface area contributed by atoms with Crippen molar-refractivity contribution in [2.45, 2.75) is 26.7 Å². The zero-order valence-electron chi connectivity index (χ0n) is 9.46. The summed E-state index contributed by atoms with van der Waals surface area (Å²) in [6.45, 7) is 6.89. The third kappa shape index (κ3) is 1.75. The number of hydrogen-bond acceptors (Lipinski definition) is 2. The second-order valence-corrected chi connectivity index (χ2v) is 4.24. The molecule has 0 bridgehead atoms. The molecule has 1 heterocycles. The van der Waals surface area contributed by atoms with Crippen molar-refractivity contribution in [3.05, 3.63) is 29.1 Å². The van der Waals surface area contributed by atoms with Crippen LogP contribution in [0.15, 0.2) is 12.1 Å². The van der Waals surface area contributed by atoms with Gasteiger partial charge in [-0.15, -0.1) is 0 Å². The van der Waals surface area contributed by atoms with E-state index in [9.17, 15) is 0 Å². The van der Waals surface area contributed by atoms with Gasteiger partial charge in [0.25, 0.3) is 0 Å². The third-order valence-corrected chi connectivity index (χ3v) is 2.76. The Morgan fingerprint density at radius 1 is 1.40 bits per heavy atom. The first-order chi connectivity index (χ1) is 7.11. The van der Waals surface area contributed by atoms with Crippen molar-refractivity contribution in [2.75, 3.05) is 6.54 Å². The number of aryl methyl sites for hydroxylation is 2. The van der Waals surface area contributed by atoms with Crippen LogP contribution in [-0.2, 0) is 0 Å². The van der Waals surface area contributed by atoms with Gasteiger partial charge in [0.1, 0.15) is 5.82 Å². The van der Waals surface area contributed by atoms with Gasteiger partial charge in [-0.05, 0) is 31.0 Å². The van der Waals surface area contributed by atoms with Crippen molar-refractivity contribution in [1.29, 1.82) is 0 Å². The molecule has 0 radical (unpaired) electrons. The number of hydrogen-bond donors (Lipinski definition) is 2. The van der Waals surface area contributed by atoms with Crippen LogP contribution in [0.3, 0.4) is 0 Å². The van der Waals surface area contributed by atoms with Gasteiger partial charge in [-0.3, -0.25) is 0 Å². The average molecular weight is 203 g/mol. The van der Waals surface area contributed by atoms with E-state index in [1.165, 1.54) is 11.1 Å². The molecule has 0 fully saturated rings. The van der Waals surface area contributed by atoms with Crippen molar-refractivity contribution in [2.24, 2.45) is 5.73 Å². The van der Waals surface area contributed by atoms with E-state index in [-0.39, 0.29) is 5.92 Å².